The molecule has 0 saturated carbocycles. The van der Waals surface area contributed by atoms with Gasteiger partial charge in [-0.25, -0.2) is 0 Å². The summed E-state index contributed by atoms with van der Waals surface area (Å²) in [5, 5.41) is 8.87. The van der Waals surface area contributed by atoms with Gasteiger partial charge in [-0.3, -0.25) is 14.5 Å². The second kappa shape index (κ2) is 7.50. The second-order valence-electron chi connectivity index (χ2n) is 4.05. The van der Waals surface area contributed by atoms with E-state index in [0.29, 0.717) is 12.2 Å². The largest absolute Gasteiger partial charge is 0.480 e. The lowest BCUT2D eigenvalue weighted by Gasteiger charge is -2.21. The maximum atomic E-state index is 11.9. The van der Waals surface area contributed by atoms with Crippen molar-refractivity contribution in [2.24, 2.45) is 5.73 Å². The summed E-state index contributed by atoms with van der Waals surface area (Å²) in [4.78, 5) is 23.9. The van der Waals surface area contributed by atoms with Gasteiger partial charge in [-0.1, -0.05) is 17.7 Å². The third-order valence-corrected chi connectivity index (χ3v) is 2.43. The van der Waals surface area contributed by atoms with Crippen molar-refractivity contribution in [2.75, 3.05) is 31.2 Å². The topological polar surface area (TPSA) is 92.9 Å². The van der Waals surface area contributed by atoms with Crippen LogP contribution in [0.2, 0.25) is 0 Å². The molecule has 0 spiro atoms. The number of ether oxygens (including phenoxy) is 1. The minimum absolute atomic E-state index is 0.182. The molecule has 1 aromatic carbocycles. The molecule has 6 heteroatoms. The third-order valence-electron chi connectivity index (χ3n) is 2.43. The molecule has 0 heterocycles. The zero-order chi connectivity index (χ0) is 14.3. The average molecular weight is 266 g/mol. The monoisotopic (exact) mass is 266 g/mol. The van der Waals surface area contributed by atoms with E-state index in [4.69, 9.17) is 15.6 Å². The molecule has 6 nitrogen and oxygen atoms in total. The van der Waals surface area contributed by atoms with Gasteiger partial charge < -0.3 is 15.6 Å². The van der Waals surface area contributed by atoms with Crippen LogP contribution in [0.5, 0.6) is 0 Å². The molecule has 1 aromatic rings. The smallest absolute Gasteiger partial charge is 0.323 e. The van der Waals surface area contributed by atoms with Crippen LogP contribution in [0.4, 0.5) is 5.69 Å². The molecule has 0 aliphatic heterocycles. The van der Waals surface area contributed by atoms with Gasteiger partial charge in [0.15, 0.2) is 0 Å². The van der Waals surface area contributed by atoms with E-state index in [2.05, 4.69) is 0 Å². The summed E-state index contributed by atoms with van der Waals surface area (Å²) < 4.78 is 5.04. The first-order chi connectivity index (χ1) is 9.04. The molecule has 3 N–H and O–H groups in total. The minimum atomic E-state index is -1.08. The summed E-state index contributed by atoms with van der Waals surface area (Å²) in [7, 11) is 0. The highest BCUT2D eigenvalue weighted by Gasteiger charge is 2.18. The number of nitrogens with zero attached hydrogens (tertiary/aromatic N) is 1. The number of carboxylic acid groups (broad SMARTS) is 1. The number of rotatable bonds is 7. The summed E-state index contributed by atoms with van der Waals surface area (Å²) in [5.41, 5.74) is 6.82. The fourth-order valence-corrected chi connectivity index (χ4v) is 1.50. The summed E-state index contributed by atoms with van der Waals surface area (Å²) in [6.45, 7) is 1.92. The van der Waals surface area contributed by atoms with Gasteiger partial charge in [0, 0.05) is 12.2 Å². The number of amides is 1. The van der Waals surface area contributed by atoms with Crippen LogP contribution in [0.25, 0.3) is 0 Å². The number of aliphatic carboxylic acids is 1. The lowest BCUT2D eigenvalue weighted by molar-refractivity contribution is -0.137. The SMILES string of the molecule is Cc1ccc(N(CC(=O)O)C(=O)COCCN)cc1. The second-order valence-corrected chi connectivity index (χ2v) is 4.05. The van der Waals surface area contributed by atoms with Gasteiger partial charge in [-0.05, 0) is 19.1 Å². The molecular weight excluding hydrogens is 248 g/mol. The van der Waals surface area contributed by atoms with Crippen LogP contribution in [0.1, 0.15) is 5.56 Å². The van der Waals surface area contributed by atoms with Crippen LogP contribution in [0.15, 0.2) is 24.3 Å². The zero-order valence-electron chi connectivity index (χ0n) is 10.8. The Morgan fingerprint density at radius 1 is 1.32 bits per heavy atom. The zero-order valence-corrected chi connectivity index (χ0v) is 10.8. The molecule has 0 aliphatic carbocycles. The predicted octanol–water partition coefficient (Wildman–Crippen LogP) is 0.388. The Labute approximate surface area is 111 Å². The Balaban J connectivity index is 2.79. The Morgan fingerprint density at radius 3 is 2.47 bits per heavy atom. The molecule has 104 valence electrons. The van der Waals surface area contributed by atoms with E-state index in [9.17, 15) is 9.59 Å². The van der Waals surface area contributed by atoms with Crippen LogP contribution in [-0.4, -0.2) is 43.3 Å². The van der Waals surface area contributed by atoms with Gasteiger partial charge in [0.1, 0.15) is 13.2 Å². The average Bonchev–Trinajstić information content (AvgIpc) is 2.37. The van der Waals surface area contributed by atoms with Crippen molar-refractivity contribution in [2.45, 2.75) is 6.92 Å². The lowest BCUT2D eigenvalue weighted by atomic mass is 10.2. The number of hydrogen-bond donors (Lipinski definition) is 2. The predicted molar refractivity (Wildman–Crippen MR) is 71.0 cm³/mol. The standard InChI is InChI=1S/C13H18N2O4/c1-10-2-4-11(5-3-10)15(8-13(17)18)12(16)9-19-7-6-14/h2-5H,6-9,14H2,1H3,(H,17,18). The Hall–Kier alpha value is -1.92. The van der Waals surface area contributed by atoms with Crippen LogP contribution in [-0.2, 0) is 14.3 Å². The van der Waals surface area contributed by atoms with Crippen molar-refractivity contribution in [1.82, 2.24) is 0 Å². The highest BCUT2D eigenvalue weighted by molar-refractivity contribution is 5.98. The fourth-order valence-electron chi connectivity index (χ4n) is 1.50. The van der Waals surface area contributed by atoms with Gasteiger partial charge in [0.2, 0.25) is 0 Å². The van der Waals surface area contributed by atoms with Crippen LogP contribution >= 0.6 is 0 Å². The van der Waals surface area contributed by atoms with Crippen LogP contribution < -0.4 is 10.6 Å². The van der Waals surface area contributed by atoms with E-state index >= 15 is 0 Å². The van der Waals surface area contributed by atoms with Gasteiger partial charge >= 0.3 is 5.97 Å². The number of hydrogen-bond acceptors (Lipinski definition) is 4. The number of carbonyl (C=O) groups excluding carboxylic acids is 1. The fraction of sp³-hybridized carbons (Fsp3) is 0.385. The molecule has 19 heavy (non-hydrogen) atoms. The van der Waals surface area contributed by atoms with E-state index in [1.54, 1.807) is 12.1 Å². The first-order valence-electron chi connectivity index (χ1n) is 5.91. The molecule has 0 fully saturated rings. The highest BCUT2D eigenvalue weighted by Crippen LogP contribution is 2.15. The molecule has 0 atom stereocenters. The number of carbonyl (C=O) groups is 2. The maximum Gasteiger partial charge on any atom is 0.323 e. The number of aryl methyl sites for hydroxylation is 1. The Kier molecular flexibility index (Phi) is 5.98. The molecule has 1 rings (SSSR count). The molecule has 0 unspecified atom stereocenters. The summed E-state index contributed by atoms with van der Waals surface area (Å²) >= 11 is 0. The van der Waals surface area contributed by atoms with Crippen LogP contribution in [0.3, 0.4) is 0 Å². The first kappa shape index (κ1) is 15.1. The maximum absolute atomic E-state index is 11.9. The molecule has 0 saturated heterocycles. The van der Waals surface area contributed by atoms with E-state index in [1.807, 2.05) is 19.1 Å². The Bertz CT molecular complexity index is 431. The van der Waals surface area contributed by atoms with Gasteiger partial charge in [-0.15, -0.1) is 0 Å². The van der Waals surface area contributed by atoms with Crippen molar-refractivity contribution in [1.29, 1.82) is 0 Å². The molecule has 0 aliphatic rings. The number of benzene rings is 1. The van der Waals surface area contributed by atoms with Crippen LogP contribution in [0, 0.1) is 6.92 Å². The normalized spacial score (nSPS) is 10.2. The lowest BCUT2D eigenvalue weighted by Crippen LogP contribution is -2.38. The van der Waals surface area contributed by atoms with Gasteiger partial charge in [-0.2, -0.15) is 0 Å². The number of anilines is 1. The van der Waals surface area contributed by atoms with Crippen molar-refractivity contribution in [3.63, 3.8) is 0 Å². The van der Waals surface area contributed by atoms with E-state index in [0.717, 1.165) is 5.56 Å². The van der Waals surface area contributed by atoms with Gasteiger partial charge in [0.25, 0.3) is 5.91 Å². The third kappa shape index (κ3) is 5.07. The Morgan fingerprint density at radius 2 is 1.95 bits per heavy atom. The van der Waals surface area contributed by atoms with Crippen molar-refractivity contribution in [3.05, 3.63) is 29.8 Å². The summed E-state index contributed by atoms with van der Waals surface area (Å²) in [6.07, 6.45) is 0. The van der Waals surface area contributed by atoms with E-state index in [-0.39, 0.29) is 13.2 Å². The molecule has 1 amide bonds. The first-order valence-corrected chi connectivity index (χ1v) is 5.91. The molecule has 0 radical (unpaired) electrons. The van der Waals surface area contributed by atoms with E-state index in [1.165, 1.54) is 4.90 Å². The van der Waals surface area contributed by atoms with Crippen molar-refractivity contribution >= 4 is 17.6 Å². The van der Waals surface area contributed by atoms with Gasteiger partial charge in [0.05, 0.1) is 6.61 Å². The highest BCUT2D eigenvalue weighted by atomic mass is 16.5. The minimum Gasteiger partial charge on any atom is -0.480 e. The molecular formula is C13H18N2O4. The number of carboxylic acids is 1. The quantitative estimate of drug-likeness (QED) is 0.696. The number of nitrogens with two attached hydrogens (primary N) is 1. The molecule has 0 aromatic heterocycles. The van der Waals surface area contributed by atoms with Crippen molar-refractivity contribution < 1.29 is 19.4 Å². The summed E-state index contributed by atoms with van der Waals surface area (Å²) in [5.74, 6) is -1.48. The summed E-state index contributed by atoms with van der Waals surface area (Å²) in [6, 6.07) is 7.05. The van der Waals surface area contributed by atoms with E-state index < -0.39 is 18.4 Å². The van der Waals surface area contributed by atoms with Crippen molar-refractivity contribution in [3.8, 4) is 0 Å². The molecule has 0 bridgehead atoms.